The third-order valence-electron chi connectivity index (χ3n) is 3.48. The normalized spacial score (nSPS) is 9.52. The third kappa shape index (κ3) is 4.88. The van der Waals surface area contributed by atoms with Gasteiger partial charge in [-0.1, -0.05) is 23.7 Å². The zero-order valence-electron chi connectivity index (χ0n) is 13.3. The number of anilines is 1. The minimum absolute atomic E-state index is 0.621. The second-order valence-corrected chi connectivity index (χ2v) is 6.43. The standard InChI is InChI=1S/C22H15NS2/c23-22-15-18(2-1-16-5-11-20(24)12-6-16)4-10-19(22)9-3-17-7-13-21(25)14-8-17/h4-8,10-15,24-25H,23H2. The fourth-order valence-electron chi connectivity index (χ4n) is 2.13. The molecule has 3 rings (SSSR count). The van der Waals surface area contributed by atoms with Crippen molar-refractivity contribution in [1.29, 1.82) is 0 Å². The van der Waals surface area contributed by atoms with E-state index in [1.54, 1.807) is 0 Å². The van der Waals surface area contributed by atoms with E-state index in [-0.39, 0.29) is 0 Å². The van der Waals surface area contributed by atoms with E-state index in [0.29, 0.717) is 5.69 Å². The first-order valence-corrected chi connectivity index (χ1v) is 8.51. The molecule has 2 N–H and O–H groups in total. The second-order valence-electron chi connectivity index (χ2n) is 5.40. The molecule has 0 saturated carbocycles. The summed E-state index contributed by atoms with van der Waals surface area (Å²) in [7, 11) is 0. The van der Waals surface area contributed by atoms with Gasteiger partial charge in [0, 0.05) is 37.7 Å². The van der Waals surface area contributed by atoms with Gasteiger partial charge in [0.2, 0.25) is 0 Å². The SMILES string of the molecule is Nc1cc(C#Cc2ccc(S)cc2)ccc1C#Cc1ccc(S)cc1. The summed E-state index contributed by atoms with van der Waals surface area (Å²) < 4.78 is 0. The molecule has 0 saturated heterocycles. The van der Waals surface area contributed by atoms with Crippen molar-refractivity contribution in [2.75, 3.05) is 5.73 Å². The Labute approximate surface area is 159 Å². The Morgan fingerprint density at radius 1 is 0.560 bits per heavy atom. The molecule has 0 aliphatic carbocycles. The summed E-state index contributed by atoms with van der Waals surface area (Å²) in [5, 5.41) is 0. The van der Waals surface area contributed by atoms with E-state index in [1.807, 2.05) is 66.7 Å². The van der Waals surface area contributed by atoms with Crippen molar-refractivity contribution < 1.29 is 0 Å². The lowest BCUT2D eigenvalue weighted by atomic mass is 10.1. The van der Waals surface area contributed by atoms with Crippen LogP contribution in [0.25, 0.3) is 0 Å². The average molecular weight is 358 g/mol. The highest BCUT2D eigenvalue weighted by Crippen LogP contribution is 2.14. The molecule has 3 heteroatoms. The van der Waals surface area contributed by atoms with Crippen LogP contribution in [0.5, 0.6) is 0 Å². The zero-order chi connectivity index (χ0) is 17.6. The Morgan fingerprint density at radius 3 is 1.52 bits per heavy atom. The first kappa shape index (κ1) is 17.1. The highest BCUT2D eigenvalue weighted by molar-refractivity contribution is 7.80. The minimum atomic E-state index is 0.621. The van der Waals surface area contributed by atoms with Crippen molar-refractivity contribution in [3.63, 3.8) is 0 Å². The lowest BCUT2D eigenvalue weighted by Crippen LogP contribution is -1.91. The van der Waals surface area contributed by atoms with Crippen LogP contribution in [0.2, 0.25) is 0 Å². The lowest BCUT2D eigenvalue weighted by molar-refractivity contribution is 1.46. The van der Waals surface area contributed by atoms with Crippen molar-refractivity contribution in [3.05, 3.63) is 89.0 Å². The largest absolute Gasteiger partial charge is 0.398 e. The molecule has 120 valence electrons. The molecule has 0 aromatic heterocycles. The third-order valence-corrected chi connectivity index (χ3v) is 4.08. The Hall–Kier alpha value is -2.72. The molecular formula is C22H15NS2. The van der Waals surface area contributed by atoms with Crippen LogP contribution in [0.1, 0.15) is 22.3 Å². The number of hydrogen-bond donors (Lipinski definition) is 3. The highest BCUT2D eigenvalue weighted by atomic mass is 32.1. The number of hydrogen-bond acceptors (Lipinski definition) is 3. The summed E-state index contributed by atoms with van der Waals surface area (Å²) in [6.45, 7) is 0. The van der Waals surface area contributed by atoms with E-state index in [9.17, 15) is 0 Å². The lowest BCUT2D eigenvalue weighted by Gasteiger charge is -1.99. The summed E-state index contributed by atoms with van der Waals surface area (Å²) in [6.07, 6.45) is 0. The van der Waals surface area contributed by atoms with Crippen LogP contribution < -0.4 is 5.73 Å². The quantitative estimate of drug-likeness (QED) is 0.305. The fraction of sp³-hybridized carbons (Fsp3) is 0. The van der Waals surface area contributed by atoms with Gasteiger partial charge in [-0.15, -0.1) is 25.3 Å². The van der Waals surface area contributed by atoms with Crippen LogP contribution in [-0.4, -0.2) is 0 Å². The van der Waals surface area contributed by atoms with Gasteiger partial charge < -0.3 is 5.73 Å². The van der Waals surface area contributed by atoms with Gasteiger partial charge in [-0.05, 0) is 66.7 Å². The maximum Gasteiger partial charge on any atom is 0.0485 e. The van der Waals surface area contributed by atoms with E-state index >= 15 is 0 Å². The first-order chi connectivity index (χ1) is 12.1. The van der Waals surface area contributed by atoms with Gasteiger partial charge in [0.1, 0.15) is 0 Å². The molecule has 3 aromatic carbocycles. The summed E-state index contributed by atoms with van der Waals surface area (Å²) in [4.78, 5) is 1.83. The zero-order valence-corrected chi connectivity index (χ0v) is 15.1. The number of benzene rings is 3. The van der Waals surface area contributed by atoms with Gasteiger partial charge in [-0.2, -0.15) is 0 Å². The highest BCUT2D eigenvalue weighted by Gasteiger charge is 1.97. The molecule has 0 spiro atoms. The number of nitrogen functional groups attached to an aromatic ring is 1. The molecule has 25 heavy (non-hydrogen) atoms. The van der Waals surface area contributed by atoms with Crippen LogP contribution in [0.15, 0.2) is 76.5 Å². The first-order valence-electron chi connectivity index (χ1n) is 7.62. The molecule has 0 amide bonds. The molecule has 0 unspecified atom stereocenters. The smallest absolute Gasteiger partial charge is 0.0485 e. The van der Waals surface area contributed by atoms with Crippen LogP contribution in [0, 0.1) is 23.7 Å². The van der Waals surface area contributed by atoms with Crippen LogP contribution in [-0.2, 0) is 0 Å². The fourth-order valence-corrected chi connectivity index (χ4v) is 2.43. The van der Waals surface area contributed by atoms with Gasteiger partial charge in [-0.25, -0.2) is 0 Å². The van der Waals surface area contributed by atoms with Gasteiger partial charge in [0.25, 0.3) is 0 Å². The van der Waals surface area contributed by atoms with E-state index < -0.39 is 0 Å². The van der Waals surface area contributed by atoms with Gasteiger partial charge >= 0.3 is 0 Å². The topological polar surface area (TPSA) is 26.0 Å². The van der Waals surface area contributed by atoms with Gasteiger partial charge in [-0.3, -0.25) is 0 Å². The molecular weight excluding hydrogens is 342 g/mol. The predicted molar refractivity (Wildman–Crippen MR) is 110 cm³/mol. The Bertz CT molecular complexity index is 1010. The molecule has 0 bridgehead atoms. The van der Waals surface area contributed by atoms with Crippen LogP contribution in [0.4, 0.5) is 5.69 Å². The monoisotopic (exact) mass is 357 g/mol. The molecule has 0 fully saturated rings. The Kier molecular flexibility index (Phi) is 5.41. The van der Waals surface area contributed by atoms with Crippen molar-refractivity contribution >= 4 is 30.9 Å². The van der Waals surface area contributed by atoms with E-state index in [2.05, 4.69) is 48.9 Å². The van der Waals surface area contributed by atoms with Gasteiger partial charge in [0.05, 0.1) is 0 Å². The molecule has 1 nitrogen and oxygen atoms in total. The van der Waals surface area contributed by atoms with Crippen molar-refractivity contribution in [2.24, 2.45) is 0 Å². The predicted octanol–water partition coefficient (Wildman–Crippen LogP) is 4.65. The summed E-state index contributed by atoms with van der Waals surface area (Å²) in [5.74, 6) is 12.4. The molecule has 3 aromatic rings. The number of thiol groups is 2. The van der Waals surface area contributed by atoms with E-state index in [4.69, 9.17) is 5.73 Å². The number of nitrogens with two attached hydrogens (primary N) is 1. The summed E-state index contributed by atoms with van der Waals surface area (Å²) >= 11 is 8.53. The maximum atomic E-state index is 6.11. The molecule has 0 aliphatic rings. The van der Waals surface area contributed by atoms with Crippen molar-refractivity contribution in [1.82, 2.24) is 0 Å². The molecule has 0 heterocycles. The van der Waals surface area contributed by atoms with E-state index in [0.717, 1.165) is 32.0 Å². The average Bonchev–Trinajstić information content (AvgIpc) is 2.62. The number of rotatable bonds is 0. The van der Waals surface area contributed by atoms with Crippen molar-refractivity contribution in [2.45, 2.75) is 9.79 Å². The van der Waals surface area contributed by atoms with Gasteiger partial charge in [0.15, 0.2) is 0 Å². The van der Waals surface area contributed by atoms with Crippen LogP contribution >= 0.6 is 25.3 Å². The molecule has 0 aliphatic heterocycles. The Morgan fingerprint density at radius 2 is 1.00 bits per heavy atom. The Balaban J connectivity index is 1.80. The molecule has 0 radical (unpaired) electrons. The summed E-state index contributed by atoms with van der Waals surface area (Å²) in [5.41, 5.74) is 10.2. The molecule has 0 atom stereocenters. The maximum absolute atomic E-state index is 6.11. The van der Waals surface area contributed by atoms with E-state index in [1.165, 1.54) is 0 Å². The summed E-state index contributed by atoms with van der Waals surface area (Å²) in [6, 6.07) is 21.1. The van der Waals surface area contributed by atoms with Crippen molar-refractivity contribution in [3.8, 4) is 23.7 Å². The second kappa shape index (κ2) is 7.90. The van der Waals surface area contributed by atoms with Crippen LogP contribution in [0.3, 0.4) is 0 Å². The minimum Gasteiger partial charge on any atom is -0.398 e.